The van der Waals surface area contributed by atoms with Gasteiger partial charge in [-0.25, -0.2) is 0 Å². The van der Waals surface area contributed by atoms with Gasteiger partial charge in [0.2, 0.25) is 0 Å². The first-order chi connectivity index (χ1) is 10.2. The molecule has 21 heavy (non-hydrogen) atoms. The molecule has 3 N–H and O–H groups in total. The van der Waals surface area contributed by atoms with Crippen LogP contribution in [0.3, 0.4) is 0 Å². The van der Waals surface area contributed by atoms with Crippen LogP contribution in [0.1, 0.15) is 10.5 Å². The molecule has 0 aliphatic carbocycles. The summed E-state index contributed by atoms with van der Waals surface area (Å²) in [4.78, 5) is 30.3. The van der Waals surface area contributed by atoms with Gasteiger partial charge < -0.3 is 15.4 Å². The topological polar surface area (TPSA) is 95.1 Å². The first kappa shape index (κ1) is 12.9. The van der Waals surface area contributed by atoms with Gasteiger partial charge in [0.05, 0.1) is 5.39 Å². The molecule has 6 heteroatoms. The zero-order valence-corrected chi connectivity index (χ0v) is 10.8. The molecular weight excluding hydrogens is 270 g/mol. The molecule has 0 saturated heterocycles. The first-order valence-electron chi connectivity index (χ1n) is 6.23. The lowest BCUT2D eigenvalue weighted by Gasteiger charge is -2.08. The number of benzene rings is 1. The van der Waals surface area contributed by atoms with Crippen LogP contribution in [-0.4, -0.2) is 21.0 Å². The van der Waals surface area contributed by atoms with E-state index in [4.69, 9.17) is 0 Å². The van der Waals surface area contributed by atoms with E-state index in [0.29, 0.717) is 5.69 Å². The summed E-state index contributed by atoms with van der Waals surface area (Å²) in [5.74, 6) is -0.896. The third kappa shape index (κ3) is 2.34. The van der Waals surface area contributed by atoms with Crippen LogP contribution in [0.2, 0.25) is 0 Å². The number of carbonyl (C=O) groups is 1. The molecule has 0 spiro atoms. The number of fused-ring (bicyclic) bond motifs is 1. The molecule has 3 aromatic rings. The first-order valence-corrected chi connectivity index (χ1v) is 6.23. The molecule has 6 nitrogen and oxygen atoms in total. The molecule has 0 atom stereocenters. The number of anilines is 1. The van der Waals surface area contributed by atoms with Gasteiger partial charge in [-0.2, -0.15) is 0 Å². The van der Waals surface area contributed by atoms with Crippen LogP contribution in [0.4, 0.5) is 5.69 Å². The highest BCUT2D eigenvalue weighted by molar-refractivity contribution is 6.07. The average Bonchev–Trinajstić information content (AvgIpc) is 2.52. The van der Waals surface area contributed by atoms with Crippen molar-refractivity contribution in [3.05, 3.63) is 64.7 Å². The molecule has 0 saturated carbocycles. The van der Waals surface area contributed by atoms with Gasteiger partial charge in [0.15, 0.2) is 11.4 Å². The van der Waals surface area contributed by atoms with Crippen LogP contribution < -0.4 is 10.9 Å². The van der Waals surface area contributed by atoms with Crippen molar-refractivity contribution < 1.29 is 9.90 Å². The van der Waals surface area contributed by atoms with E-state index >= 15 is 0 Å². The predicted octanol–water partition coefficient (Wildman–Crippen LogP) is 1.88. The fourth-order valence-electron chi connectivity index (χ4n) is 2.02. The molecular formula is C15H11N3O3. The lowest BCUT2D eigenvalue weighted by molar-refractivity contribution is 0.101. The van der Waals surface area contributed by atoms with E-state index in [2.05, 4.69) is 15.3 Å². The average molecular weight is 281 g/mol. The quantitative estimate of drug-likeness (QED) is 0.668. The number of nitrogens with zero attached hydrogens (tertiary/aromatic N) is 1. The summed E-state index contributed by atoms with van der Waals surface area (Å²) < 4.78 is 0. The number of H-pyrrole nitrogens is 1. The van der Waals surface area contributed by atoms with Crippen molar-refractivity contribution in [2.45, 2.75) is 0 Å². The Hall–Kier alpha value is -3.15. The van der Waals surface area contributed by atoms with Gasteiger partial charge in [0.25, 0.3) is 11.5 Å². The van der Waals surface area contributed by atoms with E-state index in [-0.39, 0.29) is 22.3 Å². The minimum Gasteiger partial charge on any atom is -0.505 e. The molecule has 0 unspecified atom stereocenters. The summed E-state index contributed by atoms with van der Waals surface area (Å²) in [6.07, 6.45) is 1.45. The normalized spacial score (nSPS) is 10.5. The second-order valence-electron chi connectivity index (χ2n) is 4.40. The highest BCUT2D eigenvalue weighted by atomic mass is 16.3. The molecule has 0 aliphatic heterocycles. The second-order valence-corrected chi connectivity index (χ2v) is 4.40. The zero-order chi connectivity index (χ0) is 14.8. The Labute approximate surface area is 119 Å². The summed E-state index contributed by atoms with van der Waals surface area (Å²) in [5, 5.41) is 13.0. The lowest BCUT2D eigenvalue weighted by Crippen LogP contribution is -2.19. The SMILES string of the molecule is O=C(Nc1ccccc1)c1[nH]c(=O)c2ncccc2c1O. The summed E-state index contributed by atoms with van der Waals surface area (Å²) in [6, 6.07) is 11.9. The number of aromatic hydroxyl groups is 1. The van der Waals surface area contributed by atoms with Crippen LogP contribution in [0.25, 0.3) is 10.9 Å². The van der Waals surface area contributed by atoms with E-state index in [1.807, 2.05) is 6.07 Å². The lowest BCUT2D eigenvalue weighted by atomic mass is 10.2. The number of aromatic nitrogens is 2. The molecule has 2 heterocycles. The van der Waals surface area contributed by atoms with Crippen molar-refractivity contribution in [2.24, 2.45) is 0 Å². The van der Waals surface area contributed by atoms with Crippen LogP contribution in [0.15, 0.2) is 53.5 Å². The van der Waals surface area contributed by atoms with Gasteiger partial charge in [-0.05, 0) is 24.3 Å². The summed E-state index contributed by atoms with van der Waals surface area (Å²) in [6.45, 7) is 0. The predicted molar refractivity (Wildman–Crippen MR) is 78.4 cm³/mol. The van der Waals surface area contributed by atoms with Gasteiger partial charge in [0, 0.05) is 11.9 Å². The minimum absolute atomic E-state index is 0.0891. The molecule has 0 bridgehead atoms. The maximum Gasteiger partial charge on any atom is 0.276 e. The monoisotopic (exact) mass is 281 g/mol. The zero-order valence-electron chi connectivity index (χ0n) is 10.8. The Morgan fingerprint density at radius 1 is 1.14 bits per heavy atom. The highest BCUT2D eigenvalue weighted by Gasteiger charge is 2.17. The number of hydrogen-bond acceptors (Lipinski definition) is 4. The minimum atomic E-state index is -0.596. The Morgan fingerprint density at radius 3 is 2.67 bits per heavy atom. The molecule has 104 valence electrons. The standard InChI is InChI=1S/C15H11N3O3/c19-13-10-7-4-8-16-11(10)14(20)18-12(13)15(21)17-9-5-2-1-3-6-9/h1-8,19H,(H,17,21)(H,18,20). The van der Waals surface area contributed by atoms with Gasteiger partial charge in [0.1, 0.15) is 5.52 Å². The number of pyridine rings is 2. The van der Waals surface area contributed by atoms with E-state index in [0.717, 1.165) is 0 Å². The number of rotatable bonds is 2. The van der Waals surface area contributed by atoms with Crippen molar-refractivity contribution >= 4 is 22.5 Å². The highest BCUT2D eigenvalue weighted by Crippen LogP contribution is 2.23. The fraction of sp³-hybridized carbons (Fsp3) is 0. The van der Waals surface area contributed by atoms with E-state index in [9.17, 15) is 14.7 Å². The van der Waals surface area contributed by atoms with Crippen molar-refractivity contribution in [2.75, 3.05) is 5.32 Å². The van der Waals surface area contributed by atoms with Gasteiger partial charge in [-0.15, -0.1) is 0 Å². The molecule has 0 radical (unpaired) electrons. The van der Waals surface area contributed by atoms with Crippen molar-refractivity contribution in [1.29, 1.82) is 0 Å². The Bertz CT molecular complexity index is 872. The Kier molecular flexibility index (Phi) is 3.12. The van der Waals surface area contributed by atoms with E-state index in [1.165, 1.54) is 12.3 Å². The second kappa shape index (κ2) is 5.09. The summed E-state index contributed by atoms with van der Waals surface area (Å²) in [7, 11) is 0. The van der Waals surface area contributed by atoms with E-state index < -0.39 is 11.5 Å². The Morgan fingerprint density at radius 2 is 1.90 bits per heavy atom. The van der Waals surface area contributed by atoms with Crippen LogP contribution in [0, 0.1) is 0 Å². The molecule has 3 rings (SSSR count). The van der Waals surface area contributed by atoms with Gasteiger partial charge >= 0.3 is 0 Å². The van der Waals surface area contributed by atoms with Crippen LogP contribution in [-0.2, 0) is 0 Å². The van der Waals surface area contributed by atoms with Crippen LogP contribution >= 0.6 is 0 Å². The number of para-hydroxylation sites is 1. The molecule has 1 aromatic carbocycles. The van der Waals surface area contributed by atoms with Gasteiger partial charge in [-0.3, -0.25) is 14.6 Å². The fourth-order valence-corrected chi connectivity index (χ4v) is 2.02. The summed E-state index contributed by atoms with van der Waals surface area (Å²) in [5.41, 5.74) is -0.0636. The smallest absolute Gasteiger partial charge is 0.276 e. The van der Waals surface area contributed by atoms with Gasteiger partial charge in [-0.1, -0.05) is 18.2 Å². The third-order valence-corrected chi connectivity index (χ3v) is 3.01. The molecule has 0 fully saturated rings. The third-order valence-electron chi connectivity index (χ3n) is 3.01. The van der Waals surface area contributed by atoms with Crippen LogP contribution in [0.5, 0.6) is 5.75 Å². The number of amides is 1. The van der Waals surface area contributed by atoms with Crippen molar-refractivity contribution in [3.63, 3.8) is 0 Å². The maximum absolute atomic E-state index is 12.2. The van der Waals surface area contributed by atoms with Crippen molar-refractivity contribution in [3.8, 4) is 5.75 Å². The number of aromatic amines is 1. The van der Waals surface area contributed by atoms with E-state index in [1.54, 1.807) is 30.3 Å². The number of nitrogens with one attached hydrogen (secondary N) is 2. The Balaban J connectivity index is 2.07. The maximum atomic E-state index is 12.2. The molecule has 0 aliphatic rings. The summed E-state index contributed by atoms with van der Waals surface area (Å²) >= 11 is 0. The number of carbonyl (C=O) groups excluding carboxylic acids is 1. The molecule has 2 aromatic heterocycles. The number of hydrogen-bond donors (Lipinski definition) is 3. The molecule has 1 amide bonds. The largest absolute Gasteiger partial charge is 0.505 e. The van der Waals surface area contributed by atoms with Crippen molar-refractivity contribution in [1.82, 2.24) is 9.97 Å².